The minimum absolute atomic E-state index is 0.588. The van der Waals surface area contributed by atoms with Crippen LogP contribution in [-0.4, -0.2) is 26.6 Å². The Bertz CT molecular complexity index is 598. The molecule has 3 rings (SSSR count). The third kappa shape index (κ3) is 2.09. The summed E-state index contributed by atoms with van der Waals surface area (Å²) in [4.78, 5) is 13.6. The molecule has 1 fully saturated rings. The average Bonchev–Trinajstić information content (AvgIpc) is 3.15. The maximum atomic E-state index is 4.65. The Hall–Kier alpha value is -1.91. The predicted octanol–water partition coefficient (Wildman–Crippen LogP) is 2.59. The molecule has 0 atom stereocenters. The lowest BCUT2D eigenvalue weighted by molar-refractivity contribution is 0.742. The highest BCUT2D eigenvalue weighted by molar-refractivity contribution is 5.56. The molecule has 5 nitrogen and oxygen atoms in total. The van der Waals surface area contributed by atoms with Gasteiger partial charge >= 0.3 is 0 Å². The second-order valence-corrected chi connectivity index (χ2v) is 4.98. The van der Waals surface area contributed by atoms with E-state index in [0.29, 0.717) is 6.04 Å². The van der Waals surface area contributed by atoms with Gasteiger partial charge in [-0.3, -0.25) is 0 Å². The van der Waals surface area contributed by atoms with E-state index in [9.17, 15) is 0 Å². The standard InChI is InChI=1S/C14H19N5/c1-4-11-9(2)17-14(18-13(11)15-3)12-7-16-8-19(12)10-5-6-10/h7-8,10H,4-6H2,1-3H3,(H,15,17,18). The fraction of sp³-hybridized carbons (Fsp3) is 0.500. The van der Waals surface area contributed by atoms with Crippen molar-refractivity contribution in [2.75, 3.05) is 12.4 Å². The molecule has 1 saturated carbocycles. The SMILES string of the molecule is CCc1c(C)nc(-c2cncn2C2CC2)nc1NC. The average molecular weight is 257 g/mol. The lowest BCUT2D eigenvalue weighted by atomic mass is 10.1. The summed E-state index contributed by atoms with van der Waals surface area (Å²) in [6, 6.07) is 0.588. The Labute approximate surface area is 113 Å². The number of rotatable bonds is 4. The molecule has 1 aliphatic carbocycles. The Morgan fingerprint density at radius 3 is 2.79 bits per heavy atom. The van der Waals surface area contributed by atoms with Crippen molar-refractivity contribution in [3.63, 3.8) is 0 Å². The number of aryl methyl sites for hydroxylation is 1. The molecule has 5 heteroatoms. The normalized spacial score (nSPS) is 14.7. The van der Waals surface area contributed by atoms with Gasteiger partial charge in [0.25, 0.3) is 0 Å². The van der Waals surface area contributed by atoms with Crippen molar-refractivity contribution in [2.24, 2.45) is 0 Å². The number of anilines is 1. The van der Waals surface area contributed by atoms with Gasteiger partial charge in [-0.2, -0.15) is 0 Å². The van der Waals surface area contributed by atoms with E-state index in [1.165, 1.54) is 18.4 Å². The van der Waals surface area contributed by atoms with Gasteiger partial charge in [-0.15, -0.1) is 0 Å². The zero-order valence-corrected chi connectivity index (χ0v) is 11.6. The third-order valence-corrected chi connectivity index (χ3v) is 3.64. The first-order chi connectivity index (χ1) is 9.24. The third-order valence-electron chi connectivity index (χ3n) is 3.64. The van der Waals surface area contributed by atoms with Crippen LogP contribution >= 0.6 is 0 Å². The molecular weight excluding hydrogens is 238 g/mol. The van der Waals surface area contributed by atoms with E-state index in [-0.39, 0.29) is 0 Å². The largest absolute Gasteiger partial charge is 0.373 e. The molecule has 0 unspecified atom stereocenters. The molecule has 19 heavy (non-hydrogen) atoms. The van der Waals surface area contributed by atoms with Gasteiger partial charge in [-0.1, -0.05) is 6.92 Å². The van der Waals surface area contributed by atoms with Gasteiger partial charge < -0.3 is 9.88 Å². The highest BCUT2D eigenvalue weighted by Crippen LogP contribution is 2.37. The van der Waals surface area contributed by atoms with Gasteiger partial charge in [0.1, 0.15) is 11.5 Å². The Morgan fingerprint density at radius 1 is 1.37 bits per heavy atom. The molecule has 0 bridgehead atoms. The van der Waals surface area contributed by atoms with Gasteiger partial charge in [-0.05, 0) is 26.2 Å². The Kier molecular flexibility index (Phi) is 2.97. The van der Waals surface area contributed by atoms with E-state index in [4.69, 9.17) is 0 Å². The summed E-state index contributed by atoms with van der Waals surface area (Å²) in [5, 5.41) is 3.17. The van der Waals surface area contributed by atoms with Crippen LogP contribution in [0.4, 0.5) is 5.82 Å². The molecule has 2 aromatic rings. The van der Waals surface area contributed by atoms with Gasteiger partial charge in [0, 0.05) is 24.3 Å². The van der Waals surface area contributed by atoms with Crippen molar-refractivity contribution in [3.05, 3.63) is 23.8 Å². The smallest absolute Gasteiger partial charge is 0.180 e. The van der Waals surface area contributed by atoms with Gasteiger partial charge in [0.05, 0.1) is 12.5 Å². The molecule has 2 aromatic heterocycles. The van der Waals surface area contributed by atoms with Crippen LogP contribution in [-0.2, 0) is 6.42 Å². The quantitative estimate of drug-likeness (QED) is 0.914. The molecule has 2 heterocycles. The molecular formula is C14H19N5. The summed E-state index contributed by atoms with van der Waals surface area (Å²) < 4.78 is 2.19. The molecule has 0 aromatic carbocycles. The summed E-state index contributed by atoms with van der Waals surface area (Å²) in [5.41, 5.74) is 3.24. The van der Waals surface area contributed by atoms with Crippen LogP contribution in [0.15, 0.2) is 12.5 Å². The lowest BCUT2D eigenvalue weighted by Crippen LogP contribution is -2.06. The van der Waals surface area contributed by atoms with Crippen molar-refractivity contribution in [1.29, 1.82) is 0 Å². The second-order valence-electron chi connectivity index (χ2n) is 4.98. The monoisotopic (exact) mass is 257 g/mol. The molecule has 1 aliphatic rings. The molecule has 1 N–H and O–H groups in total. The van der Waals surface area contributed by atoms with Gasteiger partial charge in [-0.25, -0.2) is 15.0 Å². The summed E-state index contributed by atoms with van der Waals surface area (Å²) >= 11 is 0. The number of imidazole rings is 1. The number of nitrogens with zero attached hydrogens (tertiary/aromatic N) is 4. The number of hydrogen-bond donors (Lipinski definition) is 1. The van der Waals surface area contributed by atoms with Crippen molar-refractivity contribution >= 4 is 5.82 Å². The predicted molar refractivity (Wildman–Crippen MR) is 75.2 cm³/mol. The molecule has 0 amide bonds. The summed E-state index contributed by atoms with van der Waals surface area (Å²) in [7, 11) is 1.91. The summed E-state index contributed by atoms with van der Waals surface area (Å²) in [6.07, 6.45) is 7.14. The maximum Gasteiger partial charge on any atom is 0.180 e. The molecule has 100 valence electrons. The number of hydrogen-bond acceptors (Lipinski definition) is 4. The van der Waals surface area contributed by atoms with Crippen LogP contribution in [0.2, 0.25) is 0 Å². The van der Waals surface area contributed by atoms with Crippen molar-refractivity contribution in [2.45, 2.75) is 39.2 Å². The summed E-state index contributed by atoms with van der Waals surface area (Å²) in [5.74, 6) is 1.69. The van der Waals surface area contributed by atoms with Crippen LogP contribution < -0.4 is 5.32 Å². The number of aromatic nitrogens is 4. The van der Waals surface area contributed by atoms with E-state index in [1.54, 1.807) is 0 Å². The minimum Gasteiger partial charge on any atom is -0.373 e. The number of nitrogens with one attached hydrogen (secondary N) is 1. The fourth-order valence-electron chi connectivity index (χ4n) is 2.46. The van der Waals surface area contributed by atoms with E-state index in [1.807, 2.05) is 26.5 Å². The van der Waals surface area contributed by atoms with E-state index in [2.05, 4.69) is 31.8 Å². The highest BCUT2D eigenvalue weighted by atomic mass is 15.1. The van der Waals surface area contributed by atoms with Gasteiger partial charge in [0.15, 0.2) is 5.82 Å². The zero-order valence-electron chi connectivity index (χ0n) is 11.6. The summed E-state index contributed by atoms with van der Waals surface area (Å²) in [6.45, 7) is 4.17. The van der Waals surface area contributed by atoms with Crippen LogP contribution in [0.3, 0.4) is 0 Å². The first-order valence-corrected chi connectivity index (χ1v) is 6.82. The van der Waals surface area contributed by atoms with Crippen molar-refractivity contribution < 1.29 is 0 Å². The van der Waals surface area contributed by atoms with E-state index >= 15 is 0 Å². The second kappa shape index (κ2) is 4.64. The van der Waals surface area contributed by atoms with Crippen molar-refractivity contribution in [3.8, 4) is 11.5 Å². The lowest BCUT2D eigenvalue weighted by Gasteiger charge is -2.12. The van der Waals surface area contributed by atoms with E-state index in [0.717, 1.165) is 29.5 Å². The van der Waals surface area contributed by atoms with Crippen LogP contribution in [0.5, 0.6) is 0 Å². The molecule has 0 radical (unpaired) electrons. The molecule has 0 aliphatic heterocycles. The van der Waals surface area contributed by atoms with Crippen molar-refractivity contribution in [1.82, 2.24) is 19.5 Å². The first kappa shape index (κ1) is 12.1. The molecule has 0 saturated heterocycles. The minimum atomic E-state index is 0.588. The topological polar surface area (TPSA) is 55.6 Å². The fourth-order valence-corrected chi connectivity index (χ4v) is 2.46. The van der Waals surface area contributed by atoms with E-state index < -0.39 is 0 Å². The zero-order chi connectivity index (χ0) is 13.4. The first-order valence-electron chi connectivity index (χ1n) is 6.82. The Morgan fingerprint density at radius 2 is 2.16 bits per heavy atom. The highest BCUT2D eigenvalue weighted by Gasteiger charge is 2.26. The van der Waals surface area contributed by atoms with Crippen LogP contribution in [0, 0.1) is 6.92 Å². The molecule has 0 spiro atoms. The Balaban J connectivity index is 2.09. The maximum absolute atomic E-state index is 4.65. The van der Waals surface area contributed by atoms with Crippen LogP contribution in [0.1, 0.15) is 37.1 Å². The van der Waals surface area contributed by atoms with Crippen LogP contribution in [0.25, 0.3) is 11.5 Å². The van der Waals surface area contributed by atoms with Gasteiger partial charge in [0.2, 0.25) is 0 Å².